The molecule has 1 unspecified atom stereocenters. The molecule has 1 N–H and O–H groups in total. The van der Waals surface area contributed by atoms with Crippen LogP contribution in [0.5, 0.6) is 0 Å². The highest BCUT2D eigenvalue weighted by Crippen LogP contribution is 2.36. The van der Waals surface area contributed by atoms with Crippen molar-refractivity contribution in [3.05, 3.63) is 83.2 Å². The summed E-state index contributed by atoms with van der Waals surface area (Å²) in [5.41, 5.74) is -0.480. The predicted molar refractivity (Wildman–Crippen MR) is 134 cm³/mol. The van der Waals surface area contributed by atoms with E-state index in [4.69, 9.17) is 16.3 Å². The number of nitrogens with one attached hydrogen (secondary N) is 1. The van der Waals surface area contributed by atoms with E-state index in [-0.39, 0.29) is 28.3 Å². The van der Waals surface area contributed by atoms with E-state index in [1.54, 1.807) is 24.3 Å². The highest BCUT2D eigenvalue weighted by Gasteiger charge is 2.41. The van der Waals surface area contributed by atoms with Crippen molar-refractivity contribution in [3.63, 3.8) is 0 Å². The molecule has 1 fully saturated rings. The molecule has 1 aromatic carbocycles. The van der Waals surface area contributed by atoms with Crippen molar-refractivity contribution >= 4 is 34.1 Å². The first-order valence-corrected chi connectivity index (χ1v) is 12.2. The van der Waals surface area contributed by atoms with E-state index in [9.17, 15) is 18.0 Å². The second-order valence-corrected chi connectivity index (χ2v) is 9.11. The second kappa shape index (κ2) is 9.75. The Bertz CT molecular complexity index is 1680. The lowest BCUT2D eigenvalue weighted by Gasteiger charge is -2.15. The number of aromatic nitrogens is 7. The Hall–Kier alpha value is -4.36. The summed E-state index contributed by atoms with van der Waals surface area (Å²) in [5.74, 6) is -0.842. The molecule has 1 saturated heterocycles. The number of halogens is 4. The Kier molecular flexibility index (Phi) is 6.23. The van der Waals surface area contributed by atoms with Crippen LogP contribution in [0.2, 0.25) is 5.02 Å². The van der Waals surface area contributed by atoms with Crippen LogP contribution in [-0.4, -0.2) is 47.3 Å². The molecule has 0 radical (unpaired) electrons. The van der Waals surface area contributed by atoms with Crippen LogP contribution in [0, 0.1) is 0 Å². The zero-order valence-electron chi connectivity index (χ0n) is 19.9. The summed E-state index contributed by atoms with van der Waals surface area (Å²) in [6.07, 6.45) is 1.68. The second-order valence-electron chi connectivity index (χ2n) is 8.70. The molecule has 5 aromatic rings. The lowest BCUT2D eigenvalue weighted by molar-refractivity contribution is -0.143. The number of pyridine rings is 2. The van der Waals surface area contributed by atoms with Gasteiger partial charge in [0, 0.05) is 12.0 Å². The van der Waals surface area contributed by atoms with E-state index >= 15 is 0 Å². The van der Waals surface area contributed by atoms with Crippen molar-refractivity contribution in [3.8, 4) is 11.5 Å². The minimum Gasteiger partial charge on any atom is -0.372 e. The summed E-state index contributed by atoms with van der Waals surface area (Å²) in [6.45, 7) is 0.644. The maximum Gasteiger partial charge on any atom is 0.434 e. The number of hydrogen-bond donors (Lipinski definition) is 1. The van der Waals surface area contributed by atoms with Crippen LogP contribution in [0.15, 0.2) is 61.2 Å². The highest BCUT2D eigenvalue weighted by molar-refractivity contribution is 6.32. The molecule has 14 heteroatoms. The van der Waals surface area contributed by atoms with Gasteiger partial charge in [-0.15, -0.1) is 4.80 Å². The van der Waals surface area contributed by atoms with Gasteiger partial charge < -0.3 is 10.1 Å². The third-order valence-corrected chi connectivity index (χ3v) is 6.47. The molecule has 4 aromatic heterocycles. The Labute approximate surface area is 223 Å². The van der Waals surface area contributed by atoms with E-state index in [0.29, 0.717) is 22.2 Å². The van der Waals surface area contributed by atoms with Gasteiger partial charge in [-0.3, -0.25) is 4.79 Å². The van der Waals surface area contributed by atoms with Gasteiger partial charge in [0.15, 0.2) is 11.5 Å². The van der Waals surface area contributed by atoms with Gasteiger partial charge in [0.2, 0.25) is 0 Å². The Balaban J connectivity index is 1.35. The quantitative estimate of drug-likeness (QED) is 0.319. The zero-order valence-corrected chi connectivity index (χ0v) is 20.7. The monoisotopic (exact) mass is 554 g/mol. The van der Waals surface area contributed by atoms with Gasteiger partial charge in [0.05, 0.1) is 64.1 Å². The van der Waals surface area contributed by atoms with E-state index in [1.165, 1.54) is 35.5 Å². The predicted octanol–water partition coefficient (Wildman–Crippen LogP) is 5.17. The van der Waals surface area contributed by atoms with Gasteiger partial charge in [-0.2, -0.15) is 28.5 Å². The molecule has 1 amide bonds. The van der Waals surface area contributed by atoms with Gasteiger partial charge in [-0.25, -0.2) is 14.6 Å². The number of nitrogens with zero attached hydrogens (tertiary/aromatic N) is 7. The highest BCUT2D eigenvalue weighted by atomic mass is 35.5. The molecule has 0 aliphatic carbocycles. The summed E-state index contributed by atoms with van der Waals surface area (Å²) < 4.78 is 49.4. The molecule has 1 atom stereocenters. The number of alkyl halides is 3. The lowest BCUT2D eigenvalue weighted by Crippen LogP contribution is -2.21. The van der Waals surface area contributed by atoms with Crippen molar-refractivity contribution < 1.29 is 22.7 Å². The Morgan fingerprint density at radius 3 is 2.64 bits per heavy atom. The van der Waals surface area contributed by atoms with Gasteiger partial charge in [-0.05, 0) is 43.2 Å². The van der Waals surface area contributed by atoms with E-state index in [0.717, 1.165) is 24.7 Å². The smallest absolute Gasteiger partial charge is 0.372 e. The SMILES string of the molecule is O=C(Nc1cnc(-n2nccn2)c(Cl)c1)c1cnn(-c2cccc3nc(C4CCCO4)ccc23)c1C(F)(F)F. The fourth-order valence-corrected chi connectivity index (χ4v) is 4.71. The van der Waals surface area contributed by atoms with Crippen LogP contribution in [-0.2, 0) is 10.9 Å². The molecular formula is C25H18ClF3N8O2. The molecule has 0 bridgehead atoms. The molecule has 5 heterocycles. The summed E-state index contributed by atoms with van der Waals surface area (Å²) in [4.78, 5) is 22.9. The fourth-order valence-electron chi connectivity index (χ4n) is 4.47. The van der Waals surface area contributed by atoms with Gasteiger partial charge in [0.1, 0.15) is 0 Å². The van der Waals surface area contributed by atoms with Crippen LogP contribution >= 0.6 is 11.6 Å². The first kappa shape index (κ1) is 24.9. The maximum absolute atomic E-state index is 14.3. The van der Waals surface area contributed by atoms with Crippen molar-refractivity contribution in [1.82, 2.24) is 34.7 Å². The van der Waals surface area contributed by atoms with Crippen LogP contribution in [0.4, 0.5) is 18.9 Å². The molecule has 39 heavy (non-hydrogen) atoms. The molecule has 0 spiro atoms. The van der Waals surface area contributed by atoms with Crippen LogP contribution in [0.25, 0.3) is 22.4 Å². The Morgan fingerprint density at radius 1 is 1.10 bits per heavy atom. The van der Waals surface area contributed by atoms with Gasteiger partial charge in [-0.1, -0.05) is 17.7 Å². The first-order valence-electron chi connectivity index (χ1n) is 11.8. The number of carbonyl (C=O) groups excluding carboxylic acids is 1. The summed E-state index contributed by atoms with van der Waals surface area (Å²) in [6, 6.07) is 9.57. The van der Waals surface area contributed by atoms with Crippen LogP contribution in [0.3, 0.4) is 0 Å². The summed E-state index contributed by atoms with van der Waals surface area (Å²) in [5, 5.41) is 14.7. The standard InChI is InChI=1S/C25H18ClF3N8O2/c26-17-11-14(12-30-23(17)37-31-8-9-32-37)34-24(38)16-13-33-36(22(16)25(27,28)29)20-4-1-3-18-15(20)6-7-19(35-18)21-5-2-10-39-21/h1,3-4,6-9,11-13,21H,2,5,10H2,(H,34,38). The topological polar surface area (TPSA) is 113 Å². The third kappa shape index (κ3) is 4.70. The van der Waals surface area contributed by atoms with Gasteiger partial charge in [0.25, 0.3) is 5.91 Å². The molecule has 0 saturated carbocycles. The van der Waals surface area contributed by atoms with E-state index < -0.39 is 23.3 Å². The average molecular weight is 555 g/mol. The number of benzene rings is 1. The van der Waals surface area contributed by atoms with Crippen molar-refractivity contribution in [2.75, 3.05) is 11.9 Å². The van der Waals surface area contributed by atoms with Crippen LogP contribution in [0.1, 0.15) is 40.7 Å². The minimum atomic E-state index is -4.90. The molecule has 10 nitrogen and oxygen atoms in total. The normalized spacial score (nSPS) is 15.6. The molecule has 1 aliphatic rings. The zero-order chi connectivity index (χ0) is 27.1. The number of carbonyl (C=O) groups is 1. The lowest BCUT2D eigenvalue weighted by atomic mass is 10.1. The molecular weight excluding hydrogens is 537 g/mol. The largest absolute Gasteiger partial charge is 0.434 e. The summed E-state index contributed by atoms with van der Waals surface area (Å²) >= 11 is 6.22. The minimum absolute atomic E-state index is 0.0813. The number of amides is 1. The third-order valence-electron chi connectivity index (χ3n) is 6.19. The molecule has 1 aliphatic heterocycles. The number of fused-ring (bicyclic) bond motifs is 1. The van der Waals surface area contributed by atoms with Crippen LogP contribution < -0.4 is 5.32 Å². The number of anilines is 1. The van der Waals surface area contributed by atoms with Gasteiger partial charge >= 0.3 is 6.18 Å². The van der Waals surface area contributed by atoms with Crippen molar-refractivity contribution in [2.45, 2.75) is 25.1 Å². The molecule has 198 valence electrons. The average Bonchev–Trinajstić information content (AvgIpc) is 3.70. The summed E-state index contributed by atoms with van der Waals surface area (Å²) in [7, 11) is 0. The van der Waals surface area contributed by atoms with E-state index in [2.05, 4.69) is 30.6 Å². The number of rotatable bonds is 5. The fraction of sp³-hybridized carbons (Fsp3) is 0.200. The maximum atomic E-state index is 14.3. The first-order chi connectivity index (χ1) is 18.8. The van der Waals surface area contributed by atoms with Crippen molar-refractivity contribution in [1.29, 1.82) is 0 Å². The number of ether oxygens (including phenoxy) is 1. The van der Waals surface area contributed by atoms with Crippen molar-refractivity contribution in [2.24, 2.45) is 0 Å². The number of hydrogen-bond acceptors (Lipinski definition) is 7. The van der Waals surface area contributed by atoms with E-state index in [1.807, 2.05) is 0 Å². The molecule has 6 rings (SSSR count). The Morgan fingerprint density at radius 2 is 1.92 bits per heavy atom.